The molecule has 1 aliphatic rings. The first-order valence-corrected chi connectivity index (χ1v) is 5.74. The molecule has 0 radical (unpaired) electrons. The van der Waals surface area contributed by atoms with Gasteiger partial charge < -0.3 is 16.2 Å². The highest BCUT2D eigenvalue weighted by Crippen LogP contribution is 2.24. The van der Waals surface area contributed by atoms with Gasteiger partial charge in [0.05, 0.1) is 0 Å². The molecule has 1 heterocycles. The molecule has 1 aliphatic carbocycles. The van der Waals surface area contributed by atoms with Crippen LogP contribution in [0.4, 0.5) is 5.95 Å². The van der Waals surface area contributed by atoms with Crippen molar-refractivity contribution in [1.29, 1.82) is 0 Å². The van der Waals surface area contributed by atoms with Crippen LogP contribution in [0.5, 0.6) is 0 Å². The topological polar surface area (TPSA) is 106 Å². The molecular weight excluding hydrogens is 222 g/mol. The summed E-state index contributed by atoms with van der Waals surface area (Å²) in [5.41, 5.74) is 5.35. The molecule has 1 aromatic rings. The van der Waals surface area contributed by atoms with Gasteiger partial charge in [0.25, 0.3) is 0 Å². The zero-order valence-corrected chi connectivity index (χ0v) is 9.54. The van der Waals surface area contributed by atoms with Gasteiger partial charge in [-0.25, -0.2) is 9.67 Å². The maximum Gasteiger partial charge on any atom is 0.242 e. The first-order valence-electron chi connectivity index (χ1n) is 5.74. The van der Waals surface area contributed by atoms with E-state index in [0.29, 0.717) is 0 Å². The van der Waals surface area contributed by atoms with Crippen LogP contribution in [0.2, 0.25) is 0 Å². The number of aromatic nitrogens is 3. The molecule has 0 saturated heterocycles. The van der Waals surface area contributed by atoms with E-state index < -0.39 is 0 Å². The lowest BCUT2D eigenvalue weighted by Crippen LogP contribution is -2.40. The fraction of sp³-hybridized carbons (Fsp3) is 0.700. The summed E-state index contributed by atoms with van der Waals surface area (Å²) in [6, 6.07) is 0.0772. The molecule has 2 rings (SSSR count). The number of rotatable bonds is 4. The predicted molar refractivity (Wildman–Crippen MR) is 60.8 cm³/mol. The molecule has 0 aromatic carbocycles. The van der Waals surface area contributed by atoms with Gasteiger partial charge in [-0.1, -0.05) is 6.42 Å². The highest BCUT2D eigenvalue weighted by molar-refractivity contribution is 5.76. The van der Waals surface area contributed by atoms with Crippen molar-refractivity contribution in [3.05, 3.63) is 6.33 Å². The minimum absolute atomic E-state index is 0.0772. The average molecular weight is 239 g/mol. The Hall–Kier alpha value is -1.63. The number of nitrogens with one attached hydrogen (secondary N) is 1. The van der Waals surface area contributed by atoms with E-state index in [1.807, 2.05) is 0 Å². The zero-order chi connectivity index (χ0) is 12.3. The second kappa shape index (κ2) is 5.13. The van der Waals surface area contributed by atoms with Crippen molar-refractivity contribution in [2.24, 2.45) is 5.92 Å². The quantitative estimate of drug-likeness (QED) is 0.633. The van der Waals surface area contributed by atoms with Gasteiger partial charge in [-0.15, -0.1) is 5.10 Å². The molecule has 1 saturated carbocycles. The van der Waals surface area contributed by atoms with E-state index in [1.54, 1.807) is 0 Å². The SMILES string of the molecule is Nc1ncn(CC(=O)NC2CCCC2CO)n1. The monoisotopic (exact) mass is 239 g/mol. The van der Waals surface area contributed by atoms with Gasteiger partial charge in [-0.2, -0.15) is 0 Å². The summed E-state index contributed by atoms with van der Waals surface area (Å²) in [6.45, 7) is 0.236. The third kappa shape index (κ3) is 2.94. The lowest BCUT2D eigenvalue weighted by Gasteiger charge is -2.18. The minimum atomic E-state index is -0.125. The van der Waals surface area contributed by atoms with Crippen LogP contribution >= 0.6 is 0 Å². The van der Waals surface area contributed by atoms with Crippen molar-refractivity contribution in [1.82, 2.24) is 20.1 Å². The molecule has 1 aromatic heterocycles. The van der Waals surface area contributed by atoms with E-state index in [0.717, 1.165) is 19.3 Å². The summed E-state index contributed by atoms with van der Waals surface area (Å²) >= 11 is 0. The standard InChI is InChI=1S/C10H17N5O2/c11-10-12-6-15(14-10)4-9(17)13-8-3-1-2-7(8)5-16/h6-8,16H,1-5H2,(H2,11,14)(H,13,17). The molecule has 0 spiro atoms. The van der Waals surface area contributed by atoms with Crippen LogP contribution in [0.15, 0.2) is 6.33 Å². The summed E-state index contributed by atoms with van der Waals surface area (Å²) in [5.74, 6) is 0.215. The number of nitrogen functional groups attached to an aromatic ring is 1. The van der Waals surface area contributed by atoms with E-state index in [2.05, 4.69) is 15.4 Å². The first kappa shape index (κ1) is 11.8. The van der Waals surface area contributed by atoms with E-state index in [-0.39, 0.29) is 37.0 Å². The van der Waals surface area contributed by atoms with Gasteiger partial charge in [-0.05, 0) is 12.8 Å². The molecule has 0 aliphatic heterocycles. The number of anilines is 1. The molecule has 94 valence electrons. The lowest BCUT2D eigenvalue weighted by atomic mass is 10.1. The zero-order valence-electron chi connectivity index (χ0n) is 9.54. The Morgan fingerprint density at radius 3 is 3.12 bits per heavy atom. The Morgan fingerprint density at radius 1 is 1.65 bits per heavy atom. The van der Waals surface area contributed by atoms with E-state index in [1.165, 1.54) is 11.0 Å². The lowest BCUT2D eigenvalue weighted by molar-refractivity contribution is -0.122. The van der Waals surface area contributed by atoms with Gasteiger partial charge in [0, 0.05) is 18.6 Å². The Bertz CT molecular complexity index is 392. The molecule has 2 unspecified atom stereocenters. The van der Waals surface area contributed by atoms with Crippen LogP contribution in [0.25, 0.3) is 0 Å². The molecule has 17 heavy (non-hydrogen) atoms. The summed E-state index contributed by atoms with van der Waals surface area (Å²) < 4.78 is 1.40. The molecule has 1 fully saturated rings. The molecule has 0 bridgehead atoms. The fourth-order valence-corrected chi connectivity index (χ4v) is 2.23. The van der Waals surface area contributed by atoms with E-state index in [4.69, 9.17) is 10.8 Å². The van der Waals surface area contributed by atoms with Crippen LogP contribution in [0.3, 0.4) is 0 Å². The van der Waals surface area contributed by atoms with Crippen LogP contribution in [0.1, 0.15) is 19.3 Å². The molecule has 7 nitrogen and oxygen atoms in total. The Kier molecular flexibility index (Phi) is 3.58. The number of hydrogen-bond donors (Lipinski definition) is 3. The number of amides is 1. The van der Waals surface area contributed by atoms with Gasteiger partial charge in [-0.3, -0.25) is 4.79 Å². The molecule has 2 atom stereocenters. The summed E-state index contributed by atoms with van der Waals surface area (Å²) in [4.78, 5) is 15.5. The number of aliphatic hydroxyl groups excluding tert-OH is 1. The normalized spacial score (nSPS) is 23.8. The van der Waals surface area contributed by atoms with Gasteiger partial charge >= 0.3 is 0 Å². The van der Waals surface area contributed by atoms with Crippen molar-refractivity contribution in [3.8, 4) is 0 Å². The number of nitrogens with zero attached hydrogens (tertiary/aromatic N) is 3. The summed E-state index contributed by atoms with van der Waals surface area (Å²) in [5, 5.41) is 15.9. The predicted octanol–water partition coefficient (Wildman–Crippen LogP) is -0.862. The molecule has 7 heteroatoms. The maximum absolute atomic E-state index is 11.7. The van der Waals surface area contributed by atoms with Crippen molar-refractivity contribution in [2.45, 2.75) is 31.8 Å². The van der Waals surface area contributed by atoms with Crippen molar-refractivity contribution in [3.63, 3.8) is 0 Å². The van der Waals surface area contributed by atoms with Crippen molar-refractivity contribution < 1.29 is 9.90 Å². The third-order valence-electron chi connectivity index (χ3n) is 3.10. The largest absolute Gasteiger partial charge is 0.396 e. The molecular formula is C10H17N5O2. The molecule has 4 N–H and O–H groups in total. The van der Waals surface area contributed by atoms with E-state index in [9.17, 15) is 4.79 Å². The fourth-order valence-electron chi connectivity index (χ4n) is 2.23. The number of carbonyl (C=O) groups is 1. The second-order valence-corrected chi connectivity index (χ2v) is 4.35. The smallest absolute Gasteiger partial charge is 0.242 e. The second-order valence-electron chi connectivity index (χ2n) is 4.35. The Labute approximate surface area is 99.0 Å². The van der Waals surface area contributed by atoms with Crippen LogP contribution < -0.4 is 11.1 Å². The number of carbonyl (C=O) groups excluding carboxylic acids is 1. The molecule has 1 amide bonds. The van der Waals surface area contributed by atoms with E-state index >= 15 is 0 Å². The average Bonchev–Trinajstić information content (AvgIpc) is 2.87. The highest BCUT2D eigenvalue weighted by atomic mass is 16.3. The first-order chi connectivity index (χ1) is 8.19. The van der Waals surface area contributed by atoms with Crippen LogP contribution in [-0.4, -0.2) is 38.4 Å². The third-order valence-corrected chi connectivity index (χ3v) is 3.10. The summed E-state index contributed by atoms with van der Waals surface area (Å²) in [6.07, 6.45) is 4.37. The maximum atomic E-state index is 11.7. The Balaban J connectivity index is 1.85. The minimum Gasteiger partial charge on any atom is -0.396 e. The van der Waals surface area contributed by atoms with Gasteiger partial charge in [0.2, 0.25) is 11.9 Å². The van der Waals surface area contributed by atoms with Crippen LogP contribution in [0, 0.1) is 5.92 Å². The van der Waals surface area contributed by atoms with Crippen molar-refractivity contribution in [2.75, 3.05) is 12.3 Å². The van der Waals surface area contributed by atoms with Gasteiger partial charge in [0.1, 0.15) is 12.9 Å². The van der Waals surface area contributed by atoms with Crippen LogP contribution in [-0.2, 0) is 11.3 Å². The van der Waals surface area contributed by atoms with Crippen molar-refractivity contribution >= 4 is 11.9 Å². The number of hydrogen-bond acceptors (Lipinski definition) is 5. The summed E-state index contributed by atoms with van der Waals surface area (Å²) in [7, 11) is 0. The highest BCUT2D eigenvalue weighted by Gasteiger charge is 2.27. The Morgan fingerprint density at radius 2 is 2.47 bits per heavy atom. The number of nitrogens with two attached hydrogens (primary N) is 1. The number of aliphatic hydroxyl groups is 1. The van der Waals surface area contributed by atoms with Gasteiger partial charge in [0.15, 0.2) is 0 Å².